The number of methoxy groups -OCH3 is 1. The summed E-state index contributed by atoms with van der Waals surface area (Å²) in [6.07, 6.45) is 1.87. The third-order valence-corrected chi connectivity index (χ3v) is 5.70. The Kier molecular flexibility index (Phi) is 6.63. The molecule has 2 heterocycles. The molecule has 2 amide bonds. The molecule has 0 bridgehead atoms. The van der Waals surface area contributed by atoms with E-state index in [0.717, 1.165) is 18.4 Å². The van der Waals surface area contributed by atoms with E-state index < -0.39 is 0 Å². The minimum Gasteiger partial charge on any atom is -0.493 e. The summed E-state index contributed by atoms with van der Waals surface area (Å²) < 4.78 is 16.9. The lowest BCUT2D eigenvalue weighted by Crippen LogP contribution is -2.34. The Morgan fingerprint density at radius 2 is 2.13 bits per heavy atom. The molecule has 2 aromatic rings. The van der Waals surface area contributed by atoms with Crippen LogP contribution in [0.2, 0.25) is 5.02 Å². The first-order valence-corrected chi connectivity index (χ1v) is 10.7. The smallest absolute Gasteiger partial charge is 0.243 e. The summed E-state index contributed by atoms with van der Waals surface area (Å²) in [5, 5.41) is 3.32. The number of nitrogens with one attached hydrogen (secondary N) is 1. The third-order valence-electron chi connectivity index (χ3n) is 5.46. The van der Waals surface area contributed by atoms with Gasteiger partial charge in [0, 0.05) is 36.0 Å². The van der Waals surface area contributed by atoms with Gasteiger partial charge in [0.2, 0.25) is 11.8 Å². The number of carbonyl (C=O) groups is 2. The predicted octanol–water partition coefficient (Wildman–Crippen LogP) is 3.82. The van der Waals surface area contributed by atoms with E-state index in [0.29, 0.717) is 41.8 Å². The van der Waals surface area contributed by atoms with E-state index in [2.05, 4.69) is 5.32 Å². The lowest BCUT2D eigenvalue weighted by Gasteiger charge is -2.19. The Bertz CT molecular complexity index is 961. The topological polar surface area (TPSA) is 77.1 Å². The summed E-state index contributed by atoms with van der Waals surface area (Å²) in [6, 6.07) is 12.6. The third kappa shape index (κ3) is 5.29. The zero-order chi connectivity index (χ0) is 21.8. The van der Waals surface area contributed by atoms with Crippen molar-refractivity contribution in [1.82, 2.24) is 4.90 Å². The van der Waals surface area contributed by atoms with E-state index in [4.69, 9.17) is 25.8 Å². The van der Waals surface area contributed by atoms with Gasteiger partial charge in [-0.3, -0.25) is 9.59 Å². The Hall–Kier alpha value is -2.77. The number of amides is 2. The molecular formula is C23H25ClN2O5. The predicted molar refractivity (Wildman–Crippen MR) is 117 cm³/mol. The summed E-state index contributed by atoms with van der Waals surface area (Å²) in [6.45, 7) is 1.15. The molecule has 2 fully saturated rings. The molecule has 8 heteroatoms. The molecule has 2 atom stereocenters. The molecule has 4 rings (SSSR count). The van der Waals surface area contributed by atoms with Crippen LogP contribution in [0.5, 0.6) is 11.5 Å². The number of hydrogen-bond acceptors (Lipinski definition) is 5. The zero-order valence-corrected chi connectivity index (χ0v) is 18.1. The van der Waals surface area contributed by atoms with Crippen molar-refractivity contribution < 1.29 is 23.8 Å². The van der Waals surface area contributed by atoms with E-state index >= 15 is 0 Å². The maximum absolute atomic E-state index is 12.5. The summed E-state index contributed by atoms with van der Waals surface area (Å²) in [4.78, 5) is 26.5. The molecule has 0 radical (unpaired) electrons. The Labute approximate surface area is 186 Å². The van der Waals surface area contributed by atoms with Gasteiger partial charge in [-0.1, -0.05) is 23.7 Å². The average molecular weight is 445 g/mol. The van der Waals surface area contributed by atoms with Crippen LogP contribution in [0.4, 0.5) is 5.69 Å². The molecule has 0 aliphatic carbocycles. The SMILES string of the molecule is COc1ccc([C@@H]2CC(=O)N(CC(=O)Nc3cccc(Cl)c3)C2)cc1OC1CCCO1. The van der Waals surface area contributed by atoms with Crippen LogP contribution in [0.25, 0.3) is 0 Å². The van der Waals surface area contributed by atoms with Crippen LogP contribution in [0.3, 0.4) is 0 Å². The fraction of sp³-hybridized carbons (Fsp3) is 0.391. The Balaban J connectivity index is 1.40. The number of benzene rings is 2. The molecule has 2 aromatic carbocycles. The van der Waals surface area contributed by atoms with Crippen LogP contribution in [-0.2, 0) is 14.3 Å². The van der Waals surface area contributed by atoms with Crippen LogP contribution < -0.4 is 14.8 Å². The average Bonchev–Trinajstić information content (AvgIpc) is 3.38. The second-order valence-corrected chi connectivity index (χ2v) is 8.14. The zero-order valence-electron chi connectivity index (χ0n) is 17.3. The molecule has 2 aliphatic rings. The monoisotopic (exact) mass is 444 g/mol. The fourth-order valence-corrected chi connectivity index (χ4v) is 4.10. The van der Waals surface area contributed by atoms with Gasteiger partial charge in [-0.25, -0.2) is 0 Å². The summed E-state index contributed by atoms with van der Waals surface area (Å²) in [5.41, 5.74) is 1.58. The number of likely N-dealkylation sites (tertiary alicyclic amines) is 1. The second-order valence-electron chi connectivity index (χ2n) is 7.70. The number of halogens is 1. The van der Waals surface area contributed by atoms with E-state index in [-0.39, 0.29) is 30.6 Å². The summed E-state index contributed by atoms with van der Waals surface area (Å²) >= 11 is 5.95. The van der Waals surface area contributed by atoms with Gasteiger partial charge in [0.15, 0.2) is 17.8 Å². The quantitative estimate of drug-likeness (QED) is 0.702. The van der Waals surface area contributed by atoms with Gasteiger partial charge in [0.05, 0.1) is 20.3 Å². The molecule has 1 unspecified atom stereocenters. The fourth-order valence-electron chi connectivity index (χ4n) is 3.91. The highest BCUT2D eigenvalue weighted by Gasteiger charge is 2.32. The maximum Gasteiger partial charge on any atom is 0.243 e. The number of ether oxygens (including phenoxy) is 3. The Morgan fingerprint density at radius 1 is 1.26 bits per heavy atom. The largest absolute Gasteiger partial charge is 0.493 e. The van der Waals surface area contributed by atoms with Crippen LogP contribution >= 0.6 is 11.6 Å². The van der Waals surface area contributed by atoms with Crippen LogP contribution in [-0.4, -0.2) is 49.8 Å². The van der Waals surface area contributed by atoms with E-state index in [9.17, 15) is 9.59 Å². The molecule has 0 saturated carbocycles. The van der Waals surface area contributed by atoms with E-state index in [1.54, 1.807) is 36.3 Å². The number of nitrogens with zero attached hydrogens (tertiary/aromatic N) is 1. The summed E-state index contributed by atoms with van der Waals surface area (Å²) in [5.74, 6) is 0.902. The number of anilines is 1. The van der Waals surface area contributed by atoms with Crippen LogP contribution in [0.1, 0.15) is 30.7 Å². The van der Waals surface area contributed by atoms with Crippen LogP contribution in [0.15, 0.2) is 42.5 Å². The first-order chi connectivity index (χ1) is 15.0. The van der Waals surface area contributed by atoms with Crippen molar-refractivity contribution in [3.8, 4) is 11.5 Å². The highest BCUT2D eigenvalue weighted by atomic mass is 35.5. The molecular weight excluding hydrogens is 420 g/mol. The minimum atomic E-state index is -0.277. The normalized spacial score (nSPS) is 20.7. The van der Waals surface area contributed by atoms with E-state index in [1.807, 2.05) is 18.2 Å². The first-order valence-electron chi connectivity index (χ1n) is 10.3. The molecule has 0 aromatic heterocycles. The molecule has 2 saturated heterocycles. The van der Waals surface area contributed by atoms with Crippen molar-refractivity contribution in [2.75, 3.05) is 32.1 Å². The molecule has 164 valence electrons. The lowest BCUT2D eigenvalue weighted by molar-refractivity contribution is -0.131. The lowest BCUT2D eigenvalue weighted by atomic mass is 9.98. The molecule has 31 heavy (non-hydrogen) atoms. The maximum atomic E-state index is 12.5. The van der Waals surface area contributed by atoms with Crippen molar-refractivity contribution in [3.05, 3.63) is 53.1 Å². The molecule has 1 N–H and O–H groups in total. The van der Waals surface area contributed by atoms with Crippen LogP contribution in [0, 0.1) is 0 Å². The number of hydrogen-bond donors (Lipinski definition) is 1. The molecule has 2 aliphatic heterocycles. The summed E-state index contributed by atoms with van der Waals surface area (Å²) in [7, 11) is 1.59. The molecule has 0 spiro atoms. The van der Waals surface area contributed by atoms with Gasteiger partial charge in [0.25, 0.3) is 0 Å². The highest BCUT2D eigenvalue weighted by Crippen LogP contribution is 2.36. The van der Waals surface area contributed by atoms with Crippen molar-refractivity contribution in [1.29, 1.82) is 0 Å². The Morgan fingerprint density at radius 3 is 2.87 bits per heavy atom. The van der Waals surface area contributed by atoms with Gasteiger partial charge in [-0.05, 0) is 42.3 Å². The number of rotatable bonds is 7. The van der Waals surface area contributed by atoms with E-state index in [1.165, 1.54) is 0 Å². The van der Waals surface area contributed by atoms with Gasteiger partial charge in [0.1, 0.15) is 0 Å². The van der Waals surface area contributed by atoms with Crippen molar-refractivity contribution in [3.63, 3.8) is 0 Å². The van der Waals surface area contributed by atoms with Gasteiger partial charge < -0.3 is 24.4 Å². The molecule has 7 nitrogen and oxygen atoms in total. The second kappa shape index (κ2) is 9.58. The standard InChI is InChI=1S/C23H25ClN2O5/c1-29-19-8-7-15(10-20(19)31-23-6-3-9-30-23)16-11-22(28)26(13-16)14-21(27)25-18-5-2-4-17(24)12-18/h2,4-5,7-8,10,12,16,23H,3,6,9,11,13-14H2,1H3,(H,25,27)/t16-,23?/m1/s1. The van der Waals surface area contributed by atoms with Crippen molar-refractivity contribution in [2.45, 2.75) is 31.5 Å². The first kappa shape index (κ1) is 21.5. The van der Waals surface area contributed by atoms with Gasteiger partial charge >= 0.3 is 0 Å². The van der Waals surface area contributed by atoms with Crippen molar-refractivity contribution in [2.24, 2.45) is 0 Å². The van der Waals surface area contributed by atoms with Crippen molar-refractivity contribution >= 4 is 29.1 Å². The highest BCUT2D eigenvalue weighted by molar-refractivity contribution is 6.30. The van der Waals surface area contributed by atoms with Gasteiger partial charge in [-0.15, -0.1) is 0 Å². The number of carbonyl (C=O) groups excluding carboxylic acids is 2. The minimum absolute atomic E-state index is 0.00271. The van der Waals surface area contributed by atoms with Gasteiger partial charge in [-0.2, -0.15) is 0 Å².